The minimum atomic E-state index is -2.14. The molecule has 1 heterocycles. The van der Waals surface area contributed by atoms with E-state index in [1.807, 2.05) is 20.8 Å². The summed E-state index contributed by atoms with van der Waals surface area (Å²) in [7, 11) is 1.48. The van der Waals surface area contributed by atoms with Gasteiger partial charge in [0.2, 0.25) is 0 Å². The molecule has 278 valence electrons. The van der Waals surface area contributed by atoms with Crippen molar-refractivity contribution in [2.45, 2.75) is 123 Å². The number of allylic oxidation sites excluding steroid dienone is 2. The van der Waals surface area contributed by atoms with Gasteiger partial charge in [-0.2, -0.15) is 0 Å². The van der Waals surface area contributed by atoms with E-state index in [9.17, 15) is 34.5 Å². The lowest BCUT2D eigenvalue weighted by atomic mass is 9.33. The number of benzene rings is 1. The summed E-state index contributed by atoms with van der Waals surface area (Å²) in [5.74, 6) is -3.41. The molecule has 1 aromatic carbocycles. The van der Waals surface area contributed by atoms with Gasteiger partial charge in [0, 0.05) is 32.1 Å². The number of methoxy groups -OCH3 is 1. The Morgan fingerprint density at radius 2 is 1.61 bits per heavy atom. The van der Waals surface area contributed by atoms with Gasteiger partial charge in [0.15, 0.2) is 11.5 Å². The van der Waals surface area contributed by atoms with Crippen LogP contribution in [0.1, 0.15) is 97.9 Å². The molecule has 2 bridgehead atoms. The van der Waals surface area contributed by atoms with Crippen LogP contribution >= 0.6 is 0 Å². The van der Waals surface area contributed by atoms with Crippen LogP contribution in [-0.2, 0) is 33.3 Å². The number of ketones is 1. The predicted octanol–water partition coefficient (Wildman–Crippen LogP) is 4.30. The number of hydrogen-bond acceptors (Lipinski definition) is 11. The summed E-state index contributed by atoms with van der Waals surface area (Å²) < 4.78 is 24.7. The van der Waals surface area contributed by atoms with E-state index < -0.39 is 92.4 Å². The van der Waals surface area contributed by atoms with Gasteiger partial charge in [-0.15, -0.1) is 0 Å². The molecule has 11 heteroatoms. The van der Waals surface area contributed by atoms with Gasteiger partial charge in [-0.3, -0.25) is 14.4 Å². The molecule has 1 saturated heterocycles. The molecule has 51 heavy (non-hydrogen) atoms. The molecule has 0 amide bonds. The lowest BCUT2D eigenvalue weighted by Crippen LogP contribution is -2.86. The van der Waals surface area contributed by atoms with E-state index in [4.69, 9.17) is 18.9 Å². The summed E-state index contributed by atoms with van der Waals surface area (Å²) in [5.41, 5.74) is -8.70. The van der Waals surface area contributed by atoms with E-state index in [0.29, 0.717) is 12.2 Å². The van der Waals surface area contributed by atoms with Crippen LogP contribution in [0.3, 0.4) is 0 Å². The standard InChI is InChI=1S/C40H52O11/c1-20-16-36(6)26-15-24(42)28(48-9)21(2)35(26,5)17-25(43)29(36)40(20)38(8,47)30(44)31(50-32(45)23-13-11-10-12-14-23)37(7)27(49-22(3)41)18-34(4)19-39(37,40)51-33(34)46/h10-14,20,25-27,29-31,43-44,47H,15-19H2,1-9H3/t20-,25+,26-,27-,29-,30+,31-,34-,35+,36-,37+,38-,39+,40-/m0/s1. The molecule has 7 rings (SSSR count). The fourth-order valence-electron chi connectivity index (χ4n) is 13.6. The molecule has 0 radical (unpaired) electrons. The third kappa shape index (κ3) is 4.06. The molecule has 0 unspecified atom stereocenters. The van der Waals surface area contributed by atoms with Crippen LogP contribution in [0.2, 0.25) is 0 Å². The predicted molar refractivity (Wildman–Crippen MR) is 181 cm³/mol. The number of fused-ring (bicyclic) bond motifs is 5. The first kappa shape index (κ1) is 36.1. The first-order chi connectivity index (χ1) is 23.6. The summed E-state index contributed by atoms with van der Waals surface area (Å²) in [6, 6.07) is 8.25. The van der Waals surface area contributed by atoms with Crippen LogP contribution in [-0.4, -0.2) is 81.7 Å². The van der Waals surface area contributed by atoms with Gasteiger partial charge >= 0.3 is 17.9 Å². The first-order valence-corrected chi connectivity index (χ1v) is 18.2. The fourth-order valence-corrected chi connectivity index (χ4v) is 13.6. The van der Waals surface area contributed by atoms with Gasteiger partial charge in [0.25, 0.3) is 0 Å². The molecule has 11 nitrogen and oxygen atoms in total. The molecule has 1 aromatic rings. The lowest BCUT2D eigenvalue weighted by molar-refractivity contribution is -0.381. The minimum absolute atomic E-state index is 0.0336. The third-order valence-electron chi connectivity index (χ3n) is 15.4. The van der Waals surface area contributed by atoms with Gasteiger partial charge in [0.05, 0.1) is 35.0 Å². The van der Waals surface area contributed by atoms with Crippen molar-refractivity contribution in [3.05, 3.63) is 47.2 Å². The van der Waals surface area contributed by atoms with Crippen molar-refractivity contribution >= 4 is 23.7 Å². The Kier molecular flexibility index (Phi) is 7.70. The SMILES string of the molecule is COC1=C(C)[C@@]2(C)C[C@@H](O)[C@H]3[C@@](C)(C[C@H](C)[C@]34[C@@]35C[C@](C)(C[C@H](OC(C)=O)[C@]3(C)[C@@H](OC(=O)c3ccccc3)[C@@H](O)[C@]4(C)O)C(=O)O5)[C@H]2CC1=O. The van der Waals surface area contributed by atoms with Crippen molar-refractivity contribution in [3.8, 4) is 0 Å². The second-order valence-electron chi connectivity index (χ2n) is 17.8. The van der Waals surface area contributed by atoms with Gasteiger partial charge in [-0.25, -0.2) is 4.79 Å². The smallest absolute Gasteiger partial charge is 0.338 e. The van der Waals surface area contributed by atoms with E-state index in [2.05, 4.69) is 6.92 Å². The monoisotopic (exact) mass is 708 g/mol. The lowest BCUT2D eigenvalue weighted by Gasteiger charge is -2.73. The number of aliphatic hydroxyl groups excluding tert-OH is 2. The number of Topliss-reactive ketones (excluding diaryl/α,β-unsaturated/α-hetero) is 1. The molecule has 14 atom stereocenters. The van der Waals surface area contributed by atoms with Crippen molar-refractivity contribution in [2.75, 3.05) is 7.11 Å². The third-order valence-corrected chi connectivity index (χ3v) is 15.4. The van der Waals surface area contributed by atoms with Crippen LogP contribution in [0.15, 0.2) is 41.7 Å². The second-order valence-corrected chi connectivity index (χ2v) is 17.8. The van der Waals surface area contributed by atoms with Crippen LogP contribution in [0.25, 0.3) is 0 Å². The molecule has 5 fully saturated rings. The molecule has 4 saturated carbocycles. The molecule has 5 aliphatic carbocycles. The van der Waals surface area contributed by atoms with Crippen LogP contribution in [0.4, 0.5) is 0 Å². The highest BCUT2D eigenvalue weighted by Crippen LogP contribution is 2.83. The van der Waals surface area contributed by atoms with Crippen LogP contribution in [0, 0.1) is 44.8 Å². The number of ether oxygens (including phenoxy) is 4. The Morgan fingerprint density at radius 1 is 0.961 bits per heavy atom. The number of esters is 3. The number of aliphatic hydroxyl groups is 3. The van der Waals surface area contributed by atoms with Crippen molar-refractivity contribution in [1.82, 2.24) is 0 Å². The summed E-state index contributed by atoms with van der Waals surface area (Å²) in [4.78, 5) is 54.7. The Labute approximate surface area is 299 Å². The van der Waals surface area contributed by atoms with Crippen molar-refractivity contribution < 1.29 is 53.4 Å². The van der Waals surface area contributed by atoms with Gasteiger partial charge < -0.3 is 34.3 Å². The van der Waals surface area contributed by atoms with E-state index in [-0.39, 0.29) is 42.9 Å². The van der Waals surface area contributed by atoms with Crippen LogP contribution < -0.4 is 0 Å². The topological polar surface area (TPSA) is 166 Å². The number of carbonyl (C=O) groups excluding carboxylic acids is 4. The van der Waals surface area contributed by atoms with Gasteiger partial charge in [0.1, 0.15) is 29.5 Å². The summed E-state index contributed by atoms with van der Waals surface area (Å²) >= 11 is 0. The molecule has 6 aliphatic rings. The maximum atomic E-state index is 14.3. The summed E-state index contributed by atoms with van der Waals surface area (Å²) in [6.07, 6.45) is -4.58. The first-order valence-electron chi connectivity index (χ1n) is 18.2. The second kappa shape index (κ2) is 10.9. The Balaban J connectivity index is 1.50. The van der Waals surface area contributed by atoms with E-state index in [0.717, 1.165) is 5.57 Å². The van der Waals surface area contributed by atoms with Crippen molar-refractivity contribution in [3.63, 3.8) is 0 Å². The highest BCUT2D eigenvalue weighted by molar-refractivity contribution is 5.96. The zero-order valence-corrected chi connectivity index (χ0v) is 31.1. The Bertz CT molecular complexity index is 1740. The fraction of sp³-hybridized carbons (Fsp3) is 0.700. The maximum absolute atomic E-state index is 14.3. The van der Waals surface area contributed by atoms with E-state index >= 15 is 0 Å². The van der Waals surface area contributed by atoms with Crippen LogP contribution in [0.5, 0.6) is 0 Å². The molecular formula is C40H52O11. The number of hydrogen-bond donors (Lipinski definition) is 3. The molecule has 2 spiro atoms. The number of carbonyl (C=O) groups is 4. The van der Waals surface area contributed by atoms with E-state index in [1.54, 1.807) is 44.2 Å². The zero-order chi connectivity index (χ0) is 37.5. The molecular weight excluding hydrogens is 656 g/mol. The zero-order valence-electron chi connectivity index (χ0n) is 31.1. The number of rotatable bonds is 4. The average molecular weight is 709 g/mol. The Hall–Kier alpha value is -3.28. The summed E-state index contributed by atoms with van der Waals surface area (Å²) in [6.45, 7) is 14.2. The molecule has 0 aromatic heterocycles. The van der Waals surface area contributed by atoms with Gasteiger partial charge in [-0.1, -0.05) is 39.0 Å². The highest BCUT2D eigenvalue weighted by Gasteiger charge is 2.92. The van der Waals surface area contributed by atoms with Gasteiger partial charge in [-0.05, 0) is 80.9 Å². The van der Waals surface area contributed by atoms with Crippen molar-refractivity contribution in [1.29, 1.82) is 0 Å². The largest absolute Gasteiger partial charge is 0.493 e. The maximum Gasteiger partial charge on any atom is 0.338 e. The Morgan fingerprint density at radius 3 is 2.22 bits per heavy atom. The van der Waals surface area contributed by atoms with Crippen molar-refractivity contribution in [2.24, 2.45) is 44.8 Å². The minimum Gasteiger partial charge on any atom is -0.493 e. The normalized spacial score (nSPS) is 49.8. The summed E-state index contributed by atoms with van der Waals surface area (Å²) in [5, 5.41) is 38.7. The molecule has 3 N–H and O–H groups in total. The highest BCUT2D eigenvalue weighted by atomic mass is 16.6. The quantitative estimate of drug-likeness (QED) is 0.302. The average Bonchev–Trinajstić information content (AvgIpc) is 3.45. The molecule has 1 aliphatic heterocycles. The van der Waals surface area contributed by atoms with E-state index in [1.165, 1.54) is 21.0 Å².